The van der Waals surface area contributed by atoms with Gasteiger partial charge in [-0.25, -0.2) is 0 Å². The topological polar surface area (TPSA) is 78.1 Å². The third-order valence-electron chi connectivity index (χ3n) is 3.42. The number of benzene rings is 2. The highest BCUT2D eigenvalue weighted by atomic mass is 16.5. The number of guanidine groups is 1. The van der Waals surface area contributed by atoms with E-state index in [2.05, 4.69) is 10.3 Å². The van der Waals surface area contributed by atoms with Gasteiger partial charge in [-0.2, -0.15) is 0 Å². The van der Waals surface area contributed by atoms with Gasteiger partial charge in [0.05, 0.1) is 25.5 Å². The van der Waals surface area contributed by atoms with Crippen molar-refractivity contribution >= 4 is 11.6 Å². The summed E-state index contributed by atoms with van der Waals surface area (Å²) in [5.41, 5.74) is 6.73. The summed E-state index contributed by atoms with van der Waals surface area (Å²) in [6.07, 6.45) is 0.772. The maximum atomic E-state index is 5.99. The molecule has 6 nitrogen and oxygen atoms in total. The van der Waals surface area contributed by atoms with E-state index in [1.54, 1.807) is 0 Å². The standard InChI is InChI=1S/C20H27N3O3/c1-3-24-17-11-12-19(25-4-2)18(15-17)23-20(21)22-13-8-14-26-16-9-6-5-7-10-16/h5-7,9-12,15H,3-4,8,13-14H2,1-2H3,(H3,21,22,23). The van der Waals surface area contributed by atoms with Crippen molar-refractivity contribution in [3.05, 3.63) is 48.5 Å². The molecule has 0 fully saturated rings. The van der Waals surface area contributed by atoms with Crippen LogP contribution < -0.4 is 25.3 Å². The van der Waals surface area contributed by atoms with E-state index in [4.69, 9.17) is 19.9 Å². The monoisotopic (exact) mass is 357 g/mol. The molecular formula is C20H27N3O3. The zero-order valence-electron chi connectivity index (χ0n) is 15.4. The Kier molecular flexibility index (Phi) is 8.12. The quantitative estimate of drug-likeness (QED) is 0.385. The summed E-state index contributed by atoms with van der Waals surface area (Å²) < 4.78 is 16.8. The van der Waals surface area contributed by atoms with Gasteiger partial charge in [-0.15, -0.1) is 0 Å². The molecule has 26 heavy (non-hydrogen) atoms. The van der Waals surface area contributed by atoms with Crippen LogP contribution in [0.15, 0.2) is 53.5 Å². The highest BCUT2D eigenvalue weighted by Gasteiger charge is 2.07. The Hall–Kier alpha value is -2.89. The van der Waals surface area contributed by atoms with Crippen LogP contribution in [0, 0.1) is 0 Å². The van der Waals surface area contributed by atoms with Crippen LogP contribution in [-0.2, 0) is 0 Å². The van der Waals surface area contributed by atoms with Crippen molar-refractivity contribution < 1.29 is 14.2 Å². The number of nitrogens with zero attached hydrogens (tertiary/aromatic N) is 1. The molecule has 0 aliphatic rings. The lowest BCUT2D eigenvalue weighted by atomic mass is 10.2. The summed E-state index contributed by atoms with van der Waals surface area (Å²) in [6, 6.07) is 15.3. The van der Waals surface area contributed by atoms with E-state index in [1.807, 2.05) is 62.4 Å². The van der Waals surface area contributed by atoms with Gasteiger partial charge in [-0.05, 0) is 38.1 Å². The minimum absolute atomic E-state index is 0.333. The molecule has 0 atom stereocenters. The zero-order valence-corrected chi connectivity index (χ0v) is 15.4. The molecule has 6 heteroatoms. The van der Waals surface area contributed by atoms with Crippen LogP contribution in [-0.4, -0.2) is 32.3 Å². The van der Waals surface area contributed by atoms with Crippen LogP contribution in [0.25, 0.3) is 0 Å². The third kappa shape index (κ3) is 6.55. The predicted molar refractivity (Wildman–Crippen MR) is 105 cm³/mol. The van der Waals surface area contributed by atoms with E-state index in [9.17, 15) is 0 Å². The van der Waals surface area contributed by atoms with Gasteiger partial charge in [0, 0.05) is 19.0 Å². The van der Waals surface area contributed by atoms with Gasteiger partial charge in [0.25, 0.3) is 0 Å². The molecule has 0 spiro atoms. The van der Waals surface area contributed by atoms with Crippen LogP contribution >= 0.6 is 0 Å². The Morgan fingerprint density at radius 1 is 0.962 bits per heavy atom. The summed E-state index contributed by atoms with van der Waals surface area (Å²) in [6.45, 7) is 6.20. The fraction of sp³-hybridized carbons (Fsp3) is 0.350. The lowest BCUT2D eigenvalue weighted by Gasteiger charge is -2.14. The number of nitrogens with one attached hydrogen (secondary N) is 1. The minimum atomic E-state index is 0.333. The van der Waals surface area contributed by atoms with Gasteiger partial charge in [0.1, 0.15) is 17.2 Å². The van der Waals surface area contributed by atoms with Crippen LogP contribution in [0.1, 0.15) is 20.3 Å². The summed E-state index contributed by atoms with van der Waals surface area (Å²) in [5, 5.41) is 3.08. The number of hydrogen-bond donors (Lipinski definition) is 2. The van der Waals surface area contributed by atoms with Crippen molar-refractivity contribution in [3.63, 3.8) is 0 Å². The van der Waals surface area contributed by atoms with E-state index >= 15 is 0 Å². The molecule has 0 radical (unpaired) electrons. The van der Waals surface area contributed by atoms with E-state index in [0.29, 0.717) is 38.1 Å². The minimum Gasteiger partial charge on any atom is -0.494 e. The van der Waals surface area contributed by atoms with Gasteiger partial charge in [0.15, 0.2) is 5.96 Å². The molecule has 0 amide bonds. The predicted octanol–water partition coefficient (Wildman–Crippen LogP) is 3.68. The SMILES string of the molecule is CCOc1ccc(OCC)c(NC(N)=NCCCOc2ccccc2)c1. The molecule has 2 rings (SSSR count). The van der Waals surface area contributed by atoms with E-state index in [1.165, 1.54) is 0 Å². The largest absolute Gasteiger partial charge is 0.494 e. The number of ether oxygens (including phenoxy) is 3. The average Bonchev–Trinajstić information content (AvgIpc) is 2.65. The molecule has 0 aliphatic heterocycles. The number of rotatable bonds is 10. The molecule has 2 aromatic rings. The fourth-order valence-electron chi connectivity index (χ4n) is 2.29. The van der Waals surface area contributed by atoms with Gasteiger partial charge in [-0.3, -0.25) is 4.99 Å². The summed E-state index contributed by atoms with van der Waals surface area (Å²) in [4.78, 5) is 4.33. The van der Waals surface area contributed by atoms with E-state index in [-0.39, 0.29) is 0 Å². The van der Waals surface area contributed by atoms with Crippen LogP contribution in [0.3, 0.4) is 0 Å². The number of nitrogens with two attached hydrogens (primary N) is 1. The second-order valence-electron chi connectivity index (χ2n) is 5.43. The highest BCUT2D eigenvalue weighted by Crippen LogP contribution is 2.29. The van der Waals surface area contributed by atoms with E-state index < -0.39 is 0 Å². The number of aliphatic imine (C=N–C) groups is 1. The molecule has 0 saturated heterocycles. The van der Waals surface area contributed by atoms with Gasteiger partial charge < -0.3 is 25.3 Å². The molecular weight excluding hydrogens is 330 g/mol. The summed E-state index contributed by atoms with van der Waals surface area (Å²) in [7, 11) is 0. The third-order valence-corrected chi connectivity index (χ3v) is 3.42. The smallest absolute Gasteiger partial charge is 0.193 e. The first-order chi connectivity index (χ1) is 12.7. The van der Waals surface area contributed by atoms with Gasteiger partial charge in [0.2, 0.25) is 0 Å². The number of para-hydroxylation sites is 1. The number of anilines is 1. The maximum Gasteiger partial charge on any atom is 0.193 e. The zero-order chi connectivity index (χ0) is 18.6. The highest BCUT2D eigenvalue weighted by molar-refractivity contribution is 5.94. The second-order valence-corrected chi connectivity index (χ2v) is 5.43. The molecule has 0 saturated carbocycles. The van der Waals surface area contributed by atoms with Crippen molar-refractivity contribution in [1.82, 2.24) is 0 Å². The van der Waals surface area contributed by atoms with Crippen molar-refractivity contribution in [2.75, 3.05) is 31.7 Å². The number of hydrogen-bond acceptors (Lipinski definition) is 4. The Bertz CT molecular complexity index is 690. The van der Waals surface area contributed by atoms with Crippen LogP contribution in [0.4, 0.5) is 5.69 Å². The van der Waals surface area contributed by atoms with Crippen molar-refractivity contribution in [1.29, 1.82) is 0 Å². The fourth-order valence-corrected chi connectivity index (χ4v) is 2.29. The Labute approximate surface area is 155 Å². The summed E-state index contributed by atoms with van der Waals surface area (Å²) >= 11 is 0. The Morgan fingerprint density at radius 3 is 2.46 bits per heavy atom. The first-order valence-corrected chi connectivity index (χ1v) is 8.87. The molecule has 0 unspecified atom stereocenters. The van der Waals surface area contributed by atoms with Gasteiger partial charge >= 0.3 is 0 Å². The molecule has 3 N–H and O–H groups in total. The maximum absolute atomic E-state index is 5.99. The lowest BCUT2D eigenvalue weighted by molar-refractivity contribution is 0.313. The van der Waals surface area contributed by atoms with E-state index in [0.717, 1.165) is 23.6 Å². The molecule has 0 aromatic heterocycles. The van der Waals surface area contributed by atoms with Crippen molar-refractivity contribution in [2.45, 2.75) is 20.3 Å². The summed E-state index contributed by atoms with van der Waals surface area (Å²) in [5.74, 6) is 2.65. The van der Waals surface area contributed by atoms with Crippen LogP contribution in [0.2, 0.25) is 0 Å². The van der Waals surface area contributed by atoms with Gasteiger partial charge in [-0.1, -0.05) is 18.2 Å². The first kappa shape index (κ1) is 19.4. The first-order valence-electron chi connectivity index (χ1n) is 8.87. The second kappa shape index (κ2) is 10.9. The molecule has 2 aromatic carbocycles. The molecule has 0 heterocycles. The molecule has 0 aliphatic carbocycles. The normalized spacial score (nSPS) is 11.1. The lowest BCUT2D eigenvalue weighted by Crippen LogP contribution is -2.23. The molecule has 140 valence electrons. The van der Waals surface area contributed by atoms with Crippen molar-refractivity contribution in [3.8, 4) is 17.2 Å². The average molecular weight is 357 g/mol. The van der Waals surface area contributed by atoms with Crippen molar-refractivity contribution in [2.24, 2.45) is 10.7 Å². The Morgan fingerprint density at radius 2 is 1.73 bits per heavy atom. The molecule has 0 bridgehead atoms. The Balaban J connectivity index is 1.85. The van der Waals surface area contributed by atoms with Crippen LogP contribution in [0.5, 0.6) is 17.2 Å².